The number of aromatic nitrogens is 1. The molecule has 3 N–H and O–H groups in total. The summed E-state index contributed by atoms with van der Waals surface area (Å²) < 4.78 is 7.26. The summed E-state index contributed by atoms with van der Waals surface area (Å²) in [6, 6.07) is 4.89. The van der Waals surface area contributed by atoms with Gasteiger partial charge in [-0.05, 0) is 23.8 Å². The van der Waals surface area contributed by atoms with Gasteiger partial charge >= 0.3 is 5.97 Å². The van der Waals surface area contributed by atoms with Gasteiger partial charge in [0.15, 0.2) is 0 Å². The minimum absolute atomic E-state index is 0.250. The Kier molecular flexibility index (Phi) is 3.25. The van der Waals surface area contributed by atoms with Gasteiger partial charge in [-0.2, -0.15) is 0 Å². The number of nitrogens with zero attached hydrogens (tertiary/aromatic N) is 1. The van der Waals surface area contributed by atoms with E-state index in [1.807, 2.05) is 36.0 Å². The number of hydrogen-bond acceptors (Lipinski definition) is 3. The Morgan fingerprint density at radius 3 is 2.89 bits per heavy atom. The van der Waals surface area contributed by atoms with Crippen molar-refractivity contribution in [2.24, 2.45) is 12.8 Å². The van der Waals surface area contributed by atoms with Gasteiger partial charge in [0.1, 0.15) is 11.8 Å². The first kappa shape index (κ1) is 12.4. The molecular formula is C13H16N2O3. The fourth-order valence-electron chi connectivity index (χ4n) is 2.01. The molecule has 0 aliphatic rings. The molecule has 96 valence electrons. The number of carbonyl (C=O) groups is 1. The summed E-state index contributed by atoms with van der Waals surface area (Å²) in [6.07, 6.45) is 2.20. The molecule has 1 atom stereocenters. The second-order valence-corrected chi connectivity index (χ2v) is 4.30. The van der Waals surface area contributed by atoms with E-state index < -0.39 is 12.0 Å². The summed E-state index contributed by atoms with van der Waals surface area (Å²) in [5.74, 6) is -0.338. The van der Waals surface area contributed by atoms with Gasteiger partial charge in [0.05, 0.1) is 7.11 Å². The van der Waals surface area contributed by atoms with Crippen LogP contribution in [-0.2, 0) is 18.3 Å². The number of hydrogen-bond donors (Lipinski definition) is 2. The molecule has 0 aliphatic carbocycles. The first-order chi connectivity index (χ1) is 8.52. The van der Waals surface area contributed by atoms with Crippen LogP contribution < -0.4 is 10.5 Å². The lowest BCUT2D eigenvalue weighted by atomic mass is 10.0. The van der Waals surface area contributed by atoms with Crippen molar-refractivity contribution in [3.8, 4) is 5.75 Å². The second-order valence-electron chi connectivity index (χ2n) is 4.30. The Hall–Kier alpha value is -2.01. The van der Waals surface area contributed by atoms with Crippen LogP contribution in [0.25, 0.3) is 10.9 Å². The number of carboxylic acids is 1. The predicted octanol–water partition coefficient (Wildman–Crippen LogP) is 1.14. The molecule has 18 heavy (non-hydrogen) atoms. The molecule has 2 rings (SSSR count). The fourth-order valence-corrected chi connectivity index (χ4v) is 2.01. The molecule has 5 nitrogen and oxygen atoms in total. The maximum Gasteiger partial charge on any atom is 0.320 e. The van der Waals surface area contributed by atoms with Crippen molar-refractivity contribution < 1.29 is 14.6 Å². The highest BCUT2D eigenvalue weighted by Crippen LogP contribution is 2.27. The molecule has 0 aliphatic heterocycles. The molecule has 5 heteroatoms. The summed E-state index contributed by atoms with van der Waals surface area (Å²) in [7, 11) is 3.51. The van der Waals surface area contributed by atoms with E-state index in [4.69, 9.17) is 15.6 Å². The normalized spacial score (nSPS) is 12.6. The van der Waals surface area contributed by atoms with Gasteiger partial charge in [0, 0.05) is 30.6 Å². The van der Waals surface area contributed by atoms with E-state index in [2.05, 4.69) is 0 Å². The molecule has 0 saturated heterocycles. The molecule has 0 bridgehead atoms. The van der Waals surface area contributed by atoms with Crippen molar-refractivity contribution in [3.63, 3.8) is 0 Å². The van der Waals surface area contributed by atoms with Gasteiger partial charge in [-0.1, -0.05) is 0 Å². The van der Waals surface area contributed by atoms with E-state index in [9.17, 15) is 4.79 Å². The van der Waals surface area contributed by atoms with Crippen LogP contribution in [0.5, 0.6) is 5.75 Å². The fraction of sp³-hybridized carbons (Fsp3) is 0.308. The second kappa shape index (κ2) is 4.70. The van der Waals surface area contributed by atoms with Crippen molar-refractivity contribution in [1.29, 1.82) is 0 Å². The van der Waals surface area contributed by atoms with Crippen molar-refractivity contribution in [1.82, 2.24) is 4.57 Å². The van der Waals surface area contributed by atoms with Crippen LogP contribution in [0.4, 0.5) is 0 Å². The highest BCUT2D eigenvalue weighted by atomic mass is 16.5. The number of methoxy groups -OCH3 is 1. The number of fused-ring (bicyclic) bond motifs is 1. The van der Waals surface area contributed by atoms with Crippen molar-refractivity contribution in [2.45, 2.75) is 12.5 Å². The monoisotopic (exact) mass is 248 g/mol. The zero-order valence-corrected chi connectivity index (χ0v) is 10.4. The topological polar surface area (TPSA) is 77.5 Å². The van der Waals surface area contributed by atoms with E-state index in [-0.39, 0.29) is 6.42 Å². The Labute approximate surface area is 105 Å². The number of aryl methyl sites for hydroxylation is 1. The van der Waals surface area contributed by atoms with Crippen LogP contribution in [0.3, 0.4) is 0 Å². The lowest BCUT2D eigenvalue weighted by Gasteiger charge is -2.12. The Balaban J connectivity index is 2.46. The predicted molar refractivity (Wildman–Crippen MR) is 68.8 cm³/mol. The van der Waals surface area contributed by atoms with E-state index in [1.54, 1.807) is 7.11 Å². The summed E-state index contributed by atoms with van der Waals surface area (Å²) in [5, 5.41) is 9.92. The van der Waals surface area contributed by atoms with E-state index >= 15 is 0 Å². The first-order valence-electron chi connectivity index (χ1n) is 5.63. The average Bonchev–Trinajstić information content (AvgIpc) is 2.69. The summed E-state index contributed by atoms with van der Waals surface area (Å²) in [6.45, 7) is 0. The van der Waals surface area contributed by atoms with E-state index in [1.165, 1.54) is 0 Å². The lowest BCUT2D eigenvalue weighted by molar-refractivity contribution is -0.138. The summed E-state index contributed by atoms with van der Waals surface area (Å²) >= 11 is 0. The summed E-state index contributed by atoms with van der Waals surface area (Å²) in [4.78, 5) is 10.8. The largest absolute Gasteiger partial charge is 0.496 e. The van der Waals surface area contributed by atoms with Gasteiger partial charge < -0.3 is 20.1 Å². The van der Waals surface area contributed by atoms with Gasteiger partial charge in [-0.15, -0.1) is 0 Å². The highest BCUT2D eigenvalue weighted by Gasteiger charge is 2.16. The minimum Gasteiger partial charge on any atom is -0.496 e. The third-order valence-electron chi connectivity index (χ3n) is 3.04. The number of aliphatic carboxylic acids is 1. The molecule has 0 radical (unpaired) electrons. The molecule has 0 spiro atoms. The first-order valence-corrected chi connectivity index (χ1v) is 5.63. The SMILES string of the molecule is COc1cc2ccn(C)c2cc1CC(N)C(=O)O. The number of carboxylic acid groups (broad SMARTS) is 1. The zero-order valence-electron chi connectivity index (χ0n) is 10.4. The minimum atomic E-state index is -1.01. The number of benzene rings is 1. The molecule has 0 fully saturated rings. The standard InChI is InChI=1S/C13H16N2O3/c1-15-4-3-8-7-12(18-2)9(6-11(8)15)5-10(14)13(16)17/h3-4,6-7,10H,5,14H2,1-2H3,(H,16,17). The van der Waals surface area contributed by atoms with Crippen LogP contribution in [0.15, 0.2) is 24.4 Å². The molecule has 1 unspecified atom stereocenters. The molecule has 1 aromatic carbocycles. The average molecular weight is 248 g/mol. The summed E-state index contributed by atoms with van der Waals surface area (Å²) in [5.41, 5.74) is 7.41. The molecule has 0 amide bonds. The molecular weight excluding hydrogens is 232 g/mol. The Morgan fingerprint density at radius 1 is 1.56 bits per heavy atom. The van der Waals surface area contributed by atoms with Gasteiger partial charge in [0.25, 0.3) is 0 Å². The number of rotatable bonds is 4. The quantitative estimate of drug-likeness (QED) is 0.850. The van der Waals surface area contributed by atoms with Crippen LogP contribution in [0.1, 0.15) is 5.56 Å². The van der Waals surface area contributed by atoms with Gasteiger partial charge in [0.2, 0.25) is 0 Å². The third-order valence-corrected chi connectivity index (χ3v) is 3.04. The zero-order chi connectivity index (χ0) is 13.3. The maximum absolute atomic E-state index is 10.8. The lowest BCUT2D eigenvalue weighted by Crippen LogP contribution is -2.32. The molecule has 0 saturated carbocycles. The molecule has 1 aromatic heterocycles. The molecule has 1 heterocycles. The maximum atomic E-state index is 10.8. The Bertz CT molecular complexity index is 589. The molecule has 2 aromatic rings. The van der Waals surface area contributed by atoms with E-state index in [0.717, 1.165) is 16.5 Å². The van der Waals surface area contributed by atoms with Gasteiger partial charge in [-0.25, -0.2) is 0 Å². The van der Waals surface area contributed by atoms with Crippen molar-refractivity contribution >= 4 is 16.9 Å². The van der Waals surface area contributed by atoms with Gasteiger partial charge in [-0.3, -0.25) is 4.79 Å². The van der Waals surface area contributed by atoms with Crippen molar-refractivity contribution in [2.75, 3.05) is 7.11 Å². The highest BCUT2D eigenvalue weighted by molar-refractivity contribution is 5.83. The van der Waals surface area contributed by atoms with Crippen molar-refractivity contribution in [3.05, 3.63) is 30.0 Å². The van der Waals surface area contributed by atoms with Crippen LogP contribution in [-0.4, -0.2) is 28.8 Å². The Morgan fingerprint density at radius 2 is 2.28 bits per heavy atom. The van der Waals surface area contributed by atoms with E-state index in [0.29, 0.717) is 5.75 Å². The van der Waals surface area contributed by atoms with Crippen LogP contribution in [0.2, 0.25) is 0 Å². The number of ether oxygens (including phenoxy) is 1. The van der Waals surface area contributed by atoms with Crippen LogP contribution in [0, 0.1) is 0 Å². The third kappa shape index (κ3) is 2.17. The number of nitrogens with two attached hydrogens (primary N) is 1. The van der Waals surface area contributed by atoms with Crippen LogP contribution >= 0.6 is 0 Å². The smallest absolute Gasteiger partial charge is 0.320 e.